The van der Waals surface area contributed by atoms with Crippen molar-refractivity contribution in [1.29, 1.82) is 0 Å². The minimum atomic E-state index is -0.860. The molecule has 8 heteroatoms. The molecule has 1 rings (SSSR count). The second-order valence-electron chi connectivity index (χ2n) is 3.21. The first-order valence-electron chi connectivity index (χ1n) is 5.05. The van der Waals surface area contributed by atoms with E-state index in [2.05, 4.69) is 19.8 Å². The number of nitrogen functional groups attached to an aromatic ring is 1. The van der Waals surface area contributed by atoms with Gasteiger partial charge in [-0.05, 0) is 6.07 Å². The van der Waals surface area contributed by atoms with Gasteiger partial charge >= 0.3 is 12.1 Å². The SMILES string of the molecule is COC(=O)c1ccnc(NCCOC(N)=O)c1N. The number of hydrogen-bond donors (Lipinski definition) is 3. The van der Waals surface area contributed by atoms with Crippen molar-refractivity contribution < 1.29 is 19.1 Å². The molecule has 0 radical (unpaired) electrons. The van der Waals surface area contributed by atoms with Crippen molar-refractivity contribution in [3.63, 3.8) is 0 Å². The molecular formula is C10H14N4O4. The quantitative estimate of drug-likeness (QED) is 0.496. The Morgan fingerprint density at radius 3 is 2.83 bits per heavy atom. The molecule has 0 aromatic carbocycles. The number of esters is 1. The second-order valence-corrected chi connectivity index (χ2v) is 3.21. The fourth-order valence-corrected chi connectivity index (χ4v) is 1.22. The molecule has 8 nitrogen and oxygen atoms in total. The number of rotatable bonds is 5. The number of ether oxygens (including phenoxy) is 2. The molecule has 0 saturated carbocycles. The standard InChI is InChI=1S/C10H14N4O4/c1-17-9(15)6-2-3-13-8(7(6)11)14-4-5-18-10(12)16/h2-3H,4-5,11H2,1H3,(H2,12,16)(H,13,14). The van der Waals surface area contributed by atoms with Crippen LogP contribution in [0.3, 0.4) is 0 Å². The normalized spacial score (nSPS) is 9.61. The maximum atomic E-state index is 11.4. The lowest BCUT2D eigenvalue weighted by atomic mass is 10.2. The summed E-state index contributed by atoms with van der Waals surface area (Å²) < 4.78 is 9.09. The van der Waals surface area contributed by atoms with Crippen LogP contribution in [0.5, 0.6) is 0 Å². The van der Waals surface area contributed by atoms with Crippen molar-refractivity contribution in [1.82, 2.24) is 4.98 Å². The number of aromatic nitrogens is 1. The number of primary amides is 1. The summed E-state index contributed by atoms with van der Waals surface area (Å²) in [6.07, 6.45) is 0.556. The zero-order chi connectivity index (χ0) is 13.5. The van der Waals surface area contributed by atoms with E-state index in [9.17, 15) is 9.59 Å². The molecule has 98 valence electrons. The van der Waals surface area contributed by atoms with Gasteiger partial charge in [0.2, 0.25) is 0 Å². The Balaban J connectivity index is 2.66. The van der Waals surface area contributed by atoms with Crippen LogP contribution in [-0.2, 0) is 9.47 Å². The van der Waals surface area contributed by atoms with Crippen LogP contribution in [-0.4, -0.2) is 37.3 Å². The van der Waals surface area contributed by atoms with Gasteiger partial charge in [-0.15, -0.1) is 0 Å². The molecule has 0 aliphatic carbocycles. The molecule has 0 bridgehead atoms. The van der Waals surface area contributed by atoms with E-state index in [1.165, 1.54) is 19.4 Å². The molecule has 1 heterocycles. The monoisotopic (exact) mass is 254 g/mol. The molecule has 0 spiro atoms. The summed E-state index contributed by atoms with van der Waals surface area (Å²) in [5.41, 5.74) is 10.9. The molecule has 0 unspecified atom stereocenters. The van der Waals surface area contributed by atoms with Crippen LogP contribution in [0, 0.1) is 0 Å². The molecule has 5 N–H and O–H groups in total. The summed E-state index contributed by atoms with van der Waals surface area (Å²) in [5.74, 6) is -0.239. The molecule has 0 atom stereocenters. The van der Waals surface area contributed by atoms with Crippen LogP contribution < -0.4 is 16.8 Å². The van der Waals surface area contributed by atoms with Gasteiger partial charge < -0.3 is 26.3 Å². The number of anilines is 2. The van der Waals surface area contributed by atoms with Crippen LogP contribution in [0.15, 0.2) is 12.3 Å². The third-order valence-electron chi connectivity index (χ3n) is 2.03. The first-order valence-corrected chi connectivity index (χ1v) is 5.05. The van der Waals surface area contributed by atoms with E-state index < -0.39 is 12.1 Å². The van der Waals surface area contributed by atoms with E-state index in [4.69, 9.17) is 11.5 Å². The summed E-state index contributed by atoms with van der Waals surface area (Å²) in [5, 5.41) is 2.81. The van der Waals surface area contributed by atoms with Gasteiger partial charge in [0, 0.05) is 6.20 Å². The molecule has 0 aliphatic rings. The fourth-order valence-electron chi connectivity index (χ4n) is 1.22. The highest BCUT2D eigenvalue weighted by Gasteiger charge is 2.13. The van der Waals surface area contributed by atoms with Crippen molar-refractivity contribution in [3.05, 3.63) is 17.8 Å². The van der Waals surface area contributed by atoms with Gasteiger partial charge in [-0.1, -0.05) is 0 Å². The predicted octanol–water partition coefficient (Wildman–Crippen LogP) is -0.0424. The van der Waals surface area contributed by atoms with Crippen LogP contribution in [0.4, 0.5) is 16.3 Å². The number of carbonyl (C=O) groups excluding carboxylic acids is 2. The number of nitrogens with one attached hydrogen (secondary N) is 1. The largest absolute Gasteiger partial charge is 0.465 e. The van der Waals surface area contributed by atoms with Gasteiger partial charge in [-0.2, -0.15) is 0 Å². The Labute approximate surface area is 103 Å². The summed E-state index contributed by atoms with van der Waals surface area (Å²) in [6.45, 7) is 0.337. The van der Waals surface area contributed by atoms with E-state index in [-0.39, 0.29) is 24.4 Å². The molecule has 1 aromatic heterocycles. The van der Waals surface area contributed by atoms with Crippen molar-refractivity contribution in [3.8, 4) is 0 Å². The Morgan fingerprint density at radius 2 is 2.22 bits per heavy atom. The van der Waals surface area contributed by atoms with Crippen molar-refractivity contribution in [2.45, 2.75) is 0 Å². The van der Waals surface area contributed by atoms with E-state index in [1.807, 2.05) is 0 Å². The highest BCUT2D eigenvalue weighted by molar-refractivity contribution is 5.97. The number of carbonyl (C=O) groups is 2. The Morgan fingerprint density at radius 1 is 1.50 bits per heavy atom. The molecular weight excluding hydrogens is 240 g/mol. The number of hydrogen-bond acceptors (Lipinski definition) is 7. The van der Waals surface area contributed by atoms with Gasteiger partial charge in [-0.3, -0.25) is 0 Å². The van der Waals surface area contributed by atoms with E-state index >= 15 is 0 Å². The minimum absolute atomic E-state index is 0.0684. The molecule has 18 heavy (non-hydrogen) atoms. The Kier molecular flexibility index (Phi) is 4.73. The molecule has 1 aromatic rings. The zero-order valence-corrected chi connectivity index (χ0v) is 9.80. The highest BCUT2D eigenvalue weighted by atomic mass is 16.5. The molecule has 0 saturated heterocycles. The summed E-state index contributed by atoms with van der Waals surface area (Å²) in [6, 6.07) is 1.45. The number of amides is 1. The predicted molar refractivity (Wildman–Crippen MR) is 64.0 cm³/mol. The number of nitrogens with two attached hydrogens (primary N) is 2. The van der Waals surface area contributed by atoms with E-state index in [1.54, 1.807) is 0 Å². The summed E-state index contributed by atoms with van der Waals surface area (Å²) >= 11 is 0. The van der Waals surface area contributed by atoms with Crippen LogP contribution in [0.25, 0.3) is 0 Å². The molecule has 0 fully saturated rings. The smallest absolute Gasteiger partial charge is 0.404 e. The number of nitrogens with zero attached hydrogens (tertiary/aromatic N) is 1. The lowest BCUT2D eigenvalue weighted by Gasteiger charge is -2.10. The number of pyridine rings is 1. The lowest BCUT2D eigenvalue weighted by Crippen LogP contribution is -2.19. The molecule has 1 amide bonds. The van der Waals surface area contributed by atoms with E-state index in [0.717, 1.165) is 0 Å². The maximum Gasteiger partial charge on any atom is 0.404 e. The number of methoxy groups -OCH3 is 1. The van der Waals surface area contributed by atoms with Crippen molar-refractivity contribution in [2.24, 2.45) is 5.73 Å². The second kappa shape index (κ2) is 6.28. The van der Waals surface area contributed by atoms with Gasteiger partial charge in [-0.25, -0.2) is 14.6 Å². The molecule has 0 aliphatic heterocycles. The highest BCUT2D eigenvalue weighted by Crippen LogP contribution is 2.20. The third kappa shape index (κ3) is 3.51. The van der Waals surface area contributed by atoms with Crippen LogP contribution in [0.1, 0.15) is 10.4 Å². The van der Waals surface area contributed by atoms with Crippen LogP contribution in [0.2, 0.25) is 0 Å². The topological polar surface area (TPSA) is 130 Å². The average molecular weight is 254 g/mol. The van der Waals surface area contributed by atoms with Crippen molar-refractivity contribution in [2.75, 3.05) is 31.3 Å². The third-order valence-corrected chi connectivity index (χ3v) is 2.03. The minimum Gasteiger partial charge on any atom is -0.465 e. The Hall–Kier alpha value is -2.51. The van der Waals surface area contributed by atoms with Crippen LogP contribution >= 0.6 is 0 Å². The van der Waals surface area contributed by atoms with Gasteiger partial charge in [0.25, 0.3) is 0 Å². The average Bonchev–Trinajstić information content (AvgIpc) is 2.35. The van der Waals surface area contributed by atoms with Crippen molar-refractivity contribution >= 4 is 23.6 Å². The zero-order valence-electron chi connectivity index (χ0n) is 9.80. The summed E-state index contributed by atoms with van der Waals surface area (Å²) in [7, 11) is 1.26. The van der Waals surface area contributed by atoms with Gasteiger partial charge in [0.15, 0.2) is 0 Å². The maximum absolute atomic E-state index is 11.4. The first kappa shape index (κ1) is 13.6. The summed E-state index contributed by atoms with van der Waals surface area (Å²) in [4.78, 5) is 25.6. The fraction of sp³-hybridized carbons (Fsp3) is 0.300. The van der Waals surface area contributed by atoms with Gasteiger partial charge in [0.1, 0.15) is 12.4 Å². The first-order chi connectivity index (χ1) is 8.56. The van der Waals surface area contributed by atoms with E-state index in [0.29, 0.717) is 5.82 Å². The Bertz CT molecular complexity index is 450. The lowest BCUT2D eigenvalue weighted by molar-refractivity contribution is 0.0602. The van der Waals surface area contributed by atoms with Gasteiger partial charge in [0.05, 0.1) is 24.9 Å².